The molecule has 2 N–H and O–H groups in total. The van der Waals surface area contributed by atoms with Crippen LogP contribution in [0.3, 0.4) is 0 Å². The van der Waals surface area contributed by atoms with Crippen molar-refractivity contribution in [2.75, 3.05) is 20.6 Å². The van der Waals surface area contributed by atoms with Gasteiger partial charge in [-0.1, -0.05) is 30.3 Å². The van der Waals surface area contributed by atoms with Gasteiger partial charge in [-0.2, -0.15) is 0 Å². The molecule has 0 aliphatic carbocycles. The molecule has 0 radical (unpaired) electrons. The normalized spacial score (nSPS) is 12.0. The second-order valence-electron chi connectivity index (χ2n) is 4.72. The van der Waals surface area contributed by atoms with Crippen LogP contribution in [0.2, 0.25) is 0 Å². The maximum Gasteiger partial charge on any atom is 0.244 e. The Kier molecular flexibility index (Phi) is 6.02. The lowest BCUT2D eigenvalue weighted by atomic mass is 10.2. The Bertz CT molecular complexity index is 418. The minimum Gasteiger partial charge on any atom is -0.350 e. The lowest BCUT2D eigenvalue weighted by molar-refractivity contribution is -0.128. The number of nitrogens with one attached hydrogen (secondary N) is 2. The van der Waals surface area contributed by atoms with Gasteiger partial charge in [0.2, 0.25) is 11.8 Å². The SMILES string of the molecule is CC(=O)NC(CN(C)C)C(=O)NCc1ccccc1. The Morgan fingerprint density at radius 1 is 1.21 bits per heavy atom. The predicted molar refractivity (Wildman–Crippen MR) is 74.4 cm³/mol. The Morgan fingerprint density at radius 2 is 1.84 bits per heavy atom. The first-order chi connectivity index (χ1) is 8.99. The van der Waals surface area contributed by atoms with E-state index in [1.807, 2.05) is 49.3 Å². The quantitative estimate of drug-likeness (QED) is 0.779. The zero-order chi connectivity index (χ0) is 14.3. The van der Waals surface area contributed by atoms with Gasteiger partial charge in [-0.05, 0) is 19.7 Å². The molecule has 0 saturated carbocycles. The molecule has 1 aromatic carbocycles. The summed E-state index contributed by atoms with van der Waals surface area (Å²) < 4.78 is 0. The highest BCUT2D eigenvalue weighted by Gasteiger charge is 2.19. The third kappa shape index (κ3) is 6.01. The van der Waals surface area contributed by atoms with Crippen molar-refractivity contribution in [1.82, 2.24) is 15.5 Å². The van der Waals surface area contributed by atoms with Gasteiger partial charge in [0.05, 0.1) is 0 Å². The van der Waals surface area contributed by atoms with Gasteiger partial charge in [0.15, 0.2) is 0 Å². The van der Waals surface area contributed by atoms with E-state index in [1.165, 1.54) is 6.92 Å². The minimum absolute atomic E-state index is 0.173. The van der Waals surface area contributed by atoms with E-state index in [0.717, 1.165) is 5.56 Å². The van der Waals surface area contributed by atoms with Crippen LogP contribution in [0, 0.1) is 0 Å². The molecule has 2 amide bonds. The van der Waals surface area contributed by atoms with Gasteiger partial charge in [0.1, 0.15) is 6.04 Å². The Hall–Kier alpha value is -1.88. The van der Waals surface area contributed by atoms with E-state index >= 15 is 0 Å². The number of rotatable bonds is 6. The lowest BCUT2D eigenvalue weighted by Crippen LogP contribution is -2.50. The van der Waals surface area contributed by atoms with Gasteiger partial charge in [-0.25, -0.2) is 0 Å². The molecule has 1 rings (SSSR count). The fraction of sp³-hybridized carbons (Fsp3) is 0.429. The highest BCUT2D eigenvalue weighted by atomic mass is 16.2. The molecule has 1 unspecified atom stereocenters. The van der Waals surface area contributed by atoms with E-state index in [1.54, 1.807) is 0 Å². The molecule has 0 heterocycles. The van der Waals surface area contributed by atoms with Gasteiger partial charge in [-0.15, -0.1) is 0 Å². The summed E-state index contributed by atoms with van der Waals surface area (Å²) in [5.41, 5.74) is 1.03. The molecule has 5 nitrogen and oxygen atoms in total. The summed E-state index contributed by atoms with van der Waals surface area (Å²) in [7, 11) is 3.72. The number of nitrogens with zero attached hydrogens (tertiary/aromatic N) is 1. The number of carbonyl (C=O) groups is 2. The van der Waals surface area contributed by atoms with Crippen molar-refractivity contribution >= 4 is 11.8 Å². The van der Waals surface area contributed by atoms with Crippen LogP contribution in [0.4, 0.5) is 0 Å². The molecule has 0 fully saturated rings. The minimum atomic E-state index is -0.531. The van der Waals surface area contributed by atoms with Gasteiger partial charge in [0.25, 0.3) is 0 Å². The third-order valence-electron chi connectivity index (χ3n) is 2.55. The highest BCUT2D eigenvalue weighted by molar-refractivity contribution is 5.87. The van der Waals surface area contributed by atoms with Crippen LogP contribution in [0.25, 0.3) is 0 Å². The number of carbonyl (C=O) groups excluding carboxylic acids is 2. The van der Waals surface area contributed by atoms with Crippen molar-refractivity contribution in [2.45, 2.75) is 19.5 Å². The first-order valence-electron chi connectivity index (χ1n) is 6.22. The van der Waals surface area contributed by atoms with Gasteiger partial charge in [-0.3, -0.25) is 9.59 Å². The summed E-state index contributed by atoms with van der Waals surface area (Å²) in [5.74, 6) is -0.380. The third-order valence-corrected chi connectivity index (χ3v) is 2.55. The number of likely N-dealkylation sites (N-methyl/N-ethyl adjacent to an activating group) is 1. The monoisotopic (exact) mass is 263 g/mol. The molecular formula is C14H21N3O2. The van der Waals surface area contributed by atoms with Crippen molar-refractivity contribution in [1.29, 1.82) is 0 Å². The van der Waals surface area contributed by atoms with E-state index in [-0.39, 0.29) is 11.8 Å². The molecule has 0 saturated heterocycles. The number of amides is 2. The van der Waals surface area contributed by atoms with Crippen LogP contribution in [0.5, 0.6) is 0 Å². The molecule has 0 bridgehead atoms. The molecule has 19 heavy (non-hydrogen) atoms. The van der Waals surface area contributed by atoms with Crippen LogP contribution in [-0.2, 0) is 16.1 Å². The Morgan fingerprint density at radius 3 is 2.37 bits per heavy atom. The zero-order valence-electron chi connectivity index (χ0n) is 11.6. The van der Waals surface area contributed by atoms with Gasteiger partial charge >= 0.3 is 0 Å². The van der Waals surface area contributed by atoms with Crippen molar-refractivity contribution in [3.8, 4) is 0 Å². The molecule has 1 aromatic rings. The number of benzene rings is 1. The summed E-state index contributed by atoms with van der Waals surface area (Å²) >= 11 is 0. The Balaban J connectivity index is 2.54. The smallest absolute Gasteiger partial charge is 0.244 e. The summed E-state index contributed by atoms with van der Waals surface area (Å²) in [4.78, 5) is 25.0. The molecule has 1 atom stereocenters. The zero-order valence-corrected chi connectivity index (χ0v) is 11.6. The lowest BCUT2D eigenvalue weighted by Gasteiger charge is -2.21. The molecule has 0 aromatic heterocycles. The molecule has 104 valence electrons. The van der Waals surface area contributed by atoms with Gasteiger partial charge < -0.3 is 15.5 Å². The van der Waals surface area contributed by atoms with Crippen LogP contribution in [0.1, 0.15) is 12.5 Å². The molecule has 5 heteroatoms. The molecule has 0 spiro atoms. The van der Waals surface area contributed by atoms with Crippen molar-refractivity contribution in [3.05, 3.63) is 35.9 Å². The molecule has 0 aliphatic heterocycles. The summed E-state index contributed by atoms with van der Waals surface area (Å²) in [6, 6.07) is 9.13. The number of hydrogen-bond donors (Lipinski definition) is 2. The number of hydrogen-bond acceptors (Lipinski definition) is 3. The molecular weight excluding hydrogens is 242 g/mol. The van der Waals surface area contributed by atoms with Crippen LogP contribution >= 0.6 is 0 Å². The Labute approximate surface area is 114 Å². The fourth-order valence-corrected chi connectivity index (χ4v) is 1.71. The molecule has 0 aliphatic rings. The van der Waals surface area contributed by atoms with Crippen LogP contribution in [-0.4, -0.2) is 43.4 Å². The van der Waals surface area contributed by atoms with Crippen molar-refractivity contribution in [3.63, 3.8) is 0 Å². The second-order valence-corrected chi connectivity index (χ2v) is 4.72. The van der Waals surface area contributed by atoms with Crippen LogP contribution < -0.4 is 10.6 Å². The van der Waals surface area contributed by atoms with Crippen molar-refractivity contribution < 1.29 is 9.59 Å². The summed E-state index contributed by atoms with van der Waals surface area (Å²) in [6.07, 6.45) is 0. The second kappa shape index (κ2) is 7.53. The maximum atomic E-state index is 12.0. The van der Waals surface area contributed by atoms with E-state index in [9.17, 15) is 9.59 Å². The van der Waals surface area contributed by atoms with E-state index < -0.39 is 6.04 Å². The standard InChI is InChI=1S/C14H21N3O2/c1-11(18)16-13(10-17(2)3)14(19)15-9-12-7-5-4-6-8-12/h4-8,13H,9-10H2,1-3H3,(H,15,19)(H,16,18). The fourth-order valence-electron chi connectivity index (χ4n) is 1.71. The highest BCUT2D eigenvalue weighted by Crippen LogP contribution is 1.98. The van der Waals surface area contributed by atoms with Crippen LogP contribution in [0.15, 0.2) is 30.3 Å². The maximum absolute atomic E-state index is 12.0. The first kappa shape index (κ1) is 15.2. The summed E-state index contributed by atoms with van der Waals surface area (Å²) in [5, 5.41) is 5.48. The first-order valence-corrected chi connectivity index (χ1v) is 6.22. The van der Waals surface area contributed by atoms with E-state index in [0.29, 0.717) is 13.1 Å². The predicted octanol–water partition coefficient (Wildman–Crippen LogP) is 0.369. The van der Waals surface area contributed by atoms with E-state index in [2.05, 4.69) is 10.6 Å². The largest absolute Gasteiger partial charge is 0.350 e. The van der Waals surface area contributed by atoms with E-state index in [4.69, 9.17) is 0 Å². The summed E-state index contributed by atoms with van der Waals surface area (Å²) in [6.45, 7) is 2.34. The van der Waals surface area contributed by atoms with Gasteiger partial charge in [0, 0.05) is 20.0 Å². The van der Waals surface area contributed by atoms with Crippen molar-refractivity contribution in [2.24, 2.45) is 0 Å². The average molecular weight is 263 g/mol. The average Bonchev–Trinajstić information content (AvgIpc) is 2.35. The topological polar surface area (TPSA) is 61.4 Å².